The average Bonchev–Trinajstić information content (AvgIpc) is 2.49. The van der Waals surface area contributed by atoms with Gasteiger partial charge in [-0.3, -0.25) is 14.4 Å². The Hall–Kier alpha value is -1.94. The largest absolute Gasteiger partial charge is 0.875 e. The van der Waals surface area contributed by atoms with Crippen LogP contribution in [0.2, 0.25) is 5.02 Å². The van der Waals surface area contributed by atoms with Crippen LogP contribution < -0.4 is 5.11 Å². The molecule has 0 bridgehead atoms. The molecule has 0 saturated heterocycles. The molecule has 5 heteroatoms. The van der Waals surface area contributed by atoms with Crippen molar-refractivity contribution >= 4 is 29.0 Å². The normalized spacial score (nSPS) is 23.8. The molecule has 1 fully saturated rings. The maximum Gasteiger partial charge on any atom is 0.159 e. The first-order valence-electron chi connectivity index (χ1n) is 9.64. The molecular formula is C23H26ClO4-. The number of rotatable bonds is 3. The highest BCUT2D eigenvalue weighted by Crippen LogP contribution is 2.47. The fraction of sp³-hybridized carbons (Fsp3) is 0.522. The zero-order valence-electron chi connectivity index (χ0n) is 16.8. The Kier molecular flexibility index (Phi) is 5.30. The van der Waals surface area contributed by atoms with E-state index in [1.165, 1.54) is 0 Å². The summed E-state index contributed by atoms with van der Waals surface area (Å²) in [6.07, 6.45) is 0.959. The summed E-state index contributed by atoms with van der Waals surface area (Å²) in [6, 6.07) is 6.80. The topological polar surface area (TPSA) is 74.3 Å². The molecule has 1 aromatic carbocycles. The SMILES string of the molecule is CC1(C)CC(=O)C(C(C2=C([O-])CC(C)(C)CC2=O)c2cccc(Cl)c2)C(=O)C1. The number of halogens is 1. The standard InChI is InChI=1S/C23H27ClO4/c1-22(2)9-15(25)20(16(26)10-22)19(13-6-5-7-14(24)8-13)21-17(27)11-23(3,4)12-18(21)28/h5-8,19-20,27H,9-12H2,1-4H3/p-1. The summed E-state index contributed by atoms with van der Waals surface area (Å²) >= 11 is 6.15. The predicted octanol–water partition coefficient (Wildman–Crippen LogP) is 4.00. The molecule has 0 radical (unpaired) electrons. The molecule has 1 saturated carbocycles. The van der Waals surface area contributed by atoms with E-state index in [4.69, 9.17) is 11.6 Å². The lowest BCUT2D eigenvalue weighted by Gasteiger charge is -2.41. The van der Waals surface area contributed by atoms with Crippen LogP contribution in [0.5, 0.6) is 0 Å². The average molecular weight is 402 g/mol. The van der Waals surface area contributed by atoms with Gasteiger partial charge in [0.1, 0.15) is 11.6 Å². The molecule has 3 rings (SSSR count). The van der Waals surface area contributed by atoms with E-state index in [9.17, 15) is 19.5 Å². The zero-order valence-corrected chi connectivity index (χ0v) is 17.6. The van der Waals surface area contributed by atoms with Crippen molar-refractivity contribution in [2.75, 3.05) is 0 Å². The van der Waals surface area contributed by atoms with Gasteiger partial charge in [-0.25, -0.2) is 0 Å². The molecule has 28 heavy (non-hydrogen) atoms. The molecule has 4 nitrogen and oxygen atoms in total. The van der Waals surface area contributed by atoms with Gasteiger partial charge in [-0.15, -0.1) is 5.76 Å². The van der Waals surface area contributed by atoms with Crippen LogP contribution in [-0.4, -0.2) is 17.3 Å². The number of carbonyl (C=O) groups is 3. The highest BCUT2D eigenvalue weighted by atomic mass is 35.5. The second-order valence-electron chi connectivity index (χ2n) is 9.74. The molecule has 0 heterocycles. The van der Waals surface area contributed by atoms with Crippen molar-refractivity contribution < 1.29 is 19.5 Å². The van der Waals surface area contributed by atoms with Crippen molar-refractivity contribution in [3.8, 4) is 0 Å². The fourth-order valence-electron chi connectivity index (χ4n) is 4.63. The summed E-state index contributed by atoms with van der Waals surface area (Å²) in [5, 5.41) is 13.4. The van der Waals surface area contributed by atoms with Gasteiger partial charge in [0.15, 0.2) is 5.78 Å². The predicted molar refractivity (Wildman–Crippen MR) is 106 cm³/mol. The molecule has 2 aliphatic carbocycles. The van der Waals surface area contributed by atoms with Crippen molar-refractivity contribution in [1.29, 1.82) is 0 Å². The van der Waals surface area contributed by atoms with E-state index in [0.29, 0.717) is 10.6 Å². The van der Waals surface area contributed by atoms with E-state index in [0.717, 1.165) is 0 Å². The number of allylic oxidation sites excluding steroid dienone is 2. The number of hydrogen-bond donors (Lipinski definition) is 0. The van der Waals surface area contributed by atoms with Crippen LogP contribution in [0.15, 0.2) is 35.6 Å². The molecule has 1 aromatic rings. The Morgan fingerprint density at radius 2 is 1.54 bits per heavy atom. The summed E-state index contributed by atoms with van der Waals surface area (Å²) in [6.45, 7) is 7.54. The van der Waals surface area contributed by atoms with E-state index in [1.54, 1.807) is 24.3 Å². The molecule has 1 atom stereocenters. The van der Waals surface area contributed by atoms with Gasteiger partial charge in [-0.1, -0.05) is 51.4 Å². The molecule has 150 valence electrons. The Labute approximate surface area is 171 Å². The molecule has 0 N–H and O–H groups in total. The smallest absolute Gasteiger partial charge is 0.159 e. The molecule has 1 unspecified atom stereocenters. The first-order valence-corrected chi connectivity index (χ1v) is 10.0. The van der Waals surface area contributed by atoms with Crippen molar-refractivity contribution in [3.05, 3.63) is 46.2 Å². The molecular weight excluding hydrogens is 376 g/mol. The minimum atomic E-state index is -1.00. The van der Waals surface area contributed by atoms with Gasteiger partial charge in [-0.2, -0.15) is 0 Å². The molecule has 0 aromatic heterocycles. The second-order valence-corrected chi connectivity index (χ2v) is 10.2. The molecule has 0 aliphatic heterocycles. The highest BCUT2D eigenvalue weighted by Gasteiger charge is 2.47. The second kappa shape index (κ2) is 7.14. The van der Waals surface area contributed by atoms with Gasteiger partial charge in [0.25, 0.3) is 0 Å². The molecule has 2 aliphatic rings. The summed E-state index contributed by atoms with van der Waals surface area (Å²) in [4.78, 5) is 39.0. The van der Waals surface area contributed by atoms with Gasteiger partial charge in [-0.05, 0) is 40.5 Å². The maximum atomic E-state index is 13.0. The number of ketones is 3. The van der Waals surface area contributed by atoms with Gasteiger partial charge in [0.05, 0.1) is 5.92 Å². The van der Waals surface area contributed by atoms with Gasteiger partial charge < -0.3 is 5.11 Å². The lowest BCUT2D eigenvalue weighted by molar-refractivity contribution is -0.312. The minimum absolute atomic E-state index is 0.0907. The van der Waals surface area contributed by atoms with Gasteiger partial charge in [0, 0.05) is 30.2 Å². The Morgan fingerprint density at radius 1 is 0.964 bits per heavy atom. The number of benzene rings is 1. The van der Waals surface area contributed by atoms with Crippen molar-refractivity contribution in [3.63, 3.8) is 0 Å². The van der Waals surface area contributed by atoms with Crippen LogP contribution in [0.25, 0.3) is 0 Å². The monoisotopic (exact) mass is 401 g/mol. The molecule has 0 spiro atoms. The Bertz CT molecular complexity index is 858. The Morgan fingerprint density at radius 3 is 2.07 bits per heavy atom. The highest BCUT2D eigenvalue weighted by molar-refractivity contribution is 6.30. The van der Waals surface area contributed by atoms with E-state index in [2.05, 4.69) is 0 Å². The van der Waals surface area contributed by atoms with Crippen LogP contribution in [0, 0.1) is 16.7 Å². The Balaban J connectivity index is 2.16. The number of carbonyl (C=O) groups excluding carboxylic acids is 3. The van der Waals surface area contributed by atoms with Crippen molar-refractivity contribution in [1.82, 2.24) is 0 Å². The first kappa shape index (κ1) is 20.8. The summed E-state index contributed by atoms with van der Waals surface area (Å²) in [5.41, 5.74) is -0.154. The van der Waals surface area contributed by atoms with Crippen LogP contribution in [0.1, 0.15) is 64.9 Å². The quantitative estimate of drug-likeness (QED) is 0.717. The maximum absolute atomic E-state index is 13.0. The third-order valence-corrected chi connectivity index (χ3v) is 5.97. The summed E-state index contributed by atoms with van der Waals surface area (Å²) < 4.78 is 0. The third kappa shape index (κ3) is 4.07. The van der Waals surface area contributed by atoms with E-state index in [-0.39, 0.29) is 54.4 Å². The first-order chi connectivity index (χ1) is 12.9. The summed E-state index contributed by atoms with van der Waals surface area (Å²) in [5.74, 6) is -2.80. The van der Waals surface area contributed by atoms with Crippen LogP contribution in [0.4, 0.5) is 0 Å². The van der Waals surface area contributed by atoms with Crippen LogP contribution in [0.3, 0.4) is 0 Å². The molecule has 0 amide bonds. The fourth-order valence-corrected chi connectivity index (χ4v) is 4.83. The van der Waals surface area contributed by atoms with E-state index >= 15 is 0 Å². The van der Waals surface area contributed by atoms with Crippen molar-refractivity contribution in [2.24, 2.45) is 16.7 Å². The van der Waals surface area contributed by atoms with Crippen LogP contribution >= 0.6 is 11.6 Å². The van der Waals surface area contributed by atoms with Crippen LogP contribution in [-0.2, 0) is 14.4 Å². The summed E-state index contributed by atoms with van der Waals surface area (Å²) in [7, 11) is 0. The zero-order chi connectivity index (χ0) is 20.9. The van der Waals surface area contributed by atoms with E-state index in [1.807, 2.05) is 27.7 Å². The minimum Gasteiger partial charge on any atom is -0.875 e. The van der Waals surface area contributed by atoms with Gasteiger partial charge >= 0.3 is 0 Å². The van der Waals surface area contributed by atoms with E-state index < -0.39 is 22.7 Å². The third-order valence-electron chi connectivity index (χ3n) is 5.73. The lowest BCUT2D eigenvalue weighted by atomic mass is 9.62. The van der Waals surface area contributed by atoms with Crippen molar-refractivity contribution in [2.45, 2.75) is 59.3 Å². The van der Waals surface area contributed by atoms with Gasteiger partial charge in [0.2, 0.25) is 0 Å². The number of hydrogen-bond acceptors (Lipinski definition) is 4. The number of Topliss-reactive ketones (excluding diaryl/α,β-unsaturated/α-hetero) is 3. The lowest BCUT2D eigenvalue weighted by Crippen LogP contribution is -2.43.